The first kappa shape index (κ1) is 13.5. The number of carbonyl (C=O) groups is 1. The summed E-state index contributed by atoms with van der Waals surface area (Å²) in [7, 11) is 1.68. The van der Waals surface area contributed by atoms with Crippen molar-refractivity contribution < 1.29 is 9.53 Å². The summed E-state index contributed by atoms with van der Waals surface area (Å²) in [5.41, 5.74) is 1.22. The monoisotopic (exact) mass is 275 g/mol. The highest BCUT2D eigenvalue weighted by atomic mass is 16.5. The van der Waals surface area contributed by atoms with Crippen LogP contribution >= 0.6 is 0 Å². The molecular formula is C15H21N3O2. The number of amides is 1. The predicted octanol–water partition coefficient (Wildman–Crippen LogP) is 0.618. The molecule has 1 aromatic rings. The molecule has 0 saturated carbocycles. The van der Waals surface area contributed by atoms with Gasteiger partial charge in [-0.05, 0) is 11.6 Å². The average Bonchev–Trinajstić information content (AvgIpc) is 2.97. The molecule has 0 bridgehead atoms. The van der Waals surface area contributed by atoms with Gasteiger partial charge in [0.25, 0.3) is 0 Å². The van der Waals surface area contributed by atoms with Gasteiger partial charge in [-0.25, -0.2) is 0 Å². The van der Waals surface area contributed by atoms with Crippen LogP contribution < -0.4 is 0 Å². The molecule has 3 heterocycles. The minimum absolute atomic E-state index is 0.184. The first-order chi connectivity index (χ1) is 9.78. The van der Waals surface area contributed by atoms with Crippen molar-refractivity contribution in [2.75, 3.05) is 39.9 Å². The van der Waals surface area contributed by atoms with Gasteiger partial charge in [0.05, 0.1) is 12.5 Å². The second-order valence-electron chi connectivity index (χ2n) is 5.70. The Hall–Kier alpha value is -1.46. The van der Waals surface area contributed by atoms with Gasteiger partial charge in [0, 0.05) is 58.1 Å². The highest BCUT2D eigenvalue weighted by Gasteiger charge is 2.45. The van der Waals surface area contributed by atoms with E-state index in [-0.39, 0.29) is 5.92 Å². The molecule has 0 spiro atoms. The van der Waals surface area contributed by atoms with Gasteiger partial charge in [0.15, 0.2) is 0 Å². The number of ether oxygens (including phenoxy) is 1. The van der Waals surface area contributed by atoms with E-state index in [0.717, 1.165) is 32.7 Å². The van der Waals surface area contributed by atoms with Crippen molar-refractivity contribution in [1.29, 1.82) is 0 Å². The fourth-order valence-electron chi connectivity index (χ4n) is 3.31. The van der Waals surface area contributed by atoms with Crippen molar-refractivity contribution in [2.24, 2.45) is 11.8 Å². The lowest BCUT2D eigenvalue weighted by Crippen LogP contribution is -2.34. The van der Waals surface area contributed by atoms with Crippen LogP contribution in [-0.2, 0) is 16.1 Å². The molecule has 0 N–H and O–H groups in total. The number of hydrogen-bond acceptors (Lipinski definition) is 4. The summed E-state index contributed by atoms with van der Waals surface area (Å²) in [6.07, 6.45) is 3.69. The van der Waals surface area contributed by atoms with E-state index in [9.17, 15) is 4.79 Å². The third kappa shape index (κ3) is 2.69. The van der Waals surface area contributed by atoms with Crippen molar-refractivity contribution in [3.05, 3.63) is 30.1 Å². The first-order valence-corrected chi connectivity index (χ1v) is 7.17. The Morgan fingerprint density at radius 2 is 2.30 bits per heavy atom. The van der Waals surface area contributed by atoms with Crippen LogP contribution in [0.25, 0.3) is 0 Å². The average molecular weight is 275 g/mol. The zero-order valence-corrected chi connectivity index (χ0v) is 11.9. The largest absolute Gasteiger partial charge is 0.383 e. The fraction of sp³-hybridized carbons (Fsp3) is 0.600. The summed E-state index contributed by atoms with van der Waals surface area (Å²) in [4.78, 5) is 20.8. The SMILES string of the molecule is COCCN1C[C@@H]2CN(Cc3cccnc3)C[C@@H]2C1=O. The molecule has 2 saturated heterocycles. The molecule has 0 radical (unpaired) electrons. The van der Waals surface area contributed by atoms with Crippen LogP contribution in [0.15, 0.2) is 24.5 Å². The van der Waals surface area contributed by atoms with Crippen molar-refractivity contribution in [2.45, 2.75) is 6.54 Å². The van der Waals surface area contributed by atoms with Crippen LogP contribution in [0.3, 0.4) is 0 Å². The Morgan fingerprint density at radius 1 is 1.40 bits per heavy atom. The van der Waals surface area contributed by atoms with Gasteiger partial charge in [0.2, 0.25) is 5.91 Å². The number of rotatable bonds is 5. The third-order valence-corrected chi connectivity index (χ3v) is 4.29. The van der Waals surface area contributed by atoms with Crippen LogP contribution in [0.2, 0.25) is 0 Å². The maximum absolute atomic E-state index is 12.3. The number of methoxy groups -OCH3 is 1. The van der Waals surface area contributed by atoms with Gasteiger partial charge in [-0.1, -0.05) is 6.07 Å². The van der Waals surface area contributed by atoms with Crippen LogP contribution in [-0.4, -0.2) is 60.6 Å². The Morgan fingerprint density at radius 3 is 3.00 bits per heavy atom. The second kappa shape index (κ2) is 5.89. The highest BCUT2D eigenvalue weighted by Crippen LogP contribution is 2.32. The van der Waals surface area contributed by atoms with Crippen molar-refractivity contribution in [3.63, 3.8) is 0 Å². The molecule has 2 atom stereocenters. The molecular weight excluding hydrogens is 254 g/mol. The summed E-state index contributed by atoms with van der Waals surface area (Å²) in [5, 5.41) is 0. The van der Waals surface area contributed by atoms with Gasteiger partial charge in [0.1, 0.15) is 0 Å². The molecule has 2 fully saturated rings. The Kier molecular flexibility index (Phi) is 3.98. The third-order valence-electron chi connectivity index (χ3n) is 4.29. The van der Waals surface area contributed by atoms with E-state index in [0.29, 0.717) is 18.4 Å². The van der Waals surface area contributed by atoms with E-state index in [1.165, 1.54) is 5.56 Å². The fourth-order valence-corrected chi connectivity index (χ4v) is 3.31. The molecule has 5 heteroatoms. The van der Waals surface area contributed by atoms with E-state index in [1.54, 1.807) is 13.3 Å². The second-order valence-corrected chi connectivity index (χ2v) is 5.70. The van der Waals surface area contributed by atoms with Crippen molar-refractivity contribution >= 4 is 5.91 Å². The summed E-state index contributed by atoms with van der Waals surface area (Å²) >= 11 is 0. The molecule has 5 nitrogen and oxygen atoms in total. The standard InChI is InChI=1S/C15H21N3O2/c1-20-6-5-18-10-13-9-17(11-14(13)15(18)19)8-12-3-2-4-16-7-12/h2-4,7,13-14H,5-6,8-11H2,1H3/t13-,14-/m0/s1. The van der Waals surface area contributed by atoms with E-state index in [1.807, 2.05) is 17.2 Å². The molecule has 0 unspecified atom stereocenters. The maximum Gasteiger partial charge on any atom is 0.227 e. The molecule has 1 aromatic heterocycles. The quantitative estimate of drug-likeness (QED) is 0.790. The Bertz CT molecular complexity index is 465. The molecule has 20 heavy (non-hydrogen) atoms. The van der Waals surface area contributed by atoms with Gasteiger partial charge < -0.3 is 9.64 Å². The molecule has 2 aliphatic rings. The van der Waals surface area contributed by atoms with Gasteiger partial charge in [-0.15, -0.1) is 0 Å². The van der Waals surface area contributed by atoms with Gasteiger partial charge in [-0.2, -0.15) is 0 Å². The maximum atomic E-state index is 12.3. The molecule has 1 amide bonds. The highest BCUT2D eigenvalue weighted by molar-refractivity contribution is 5.82. The Labute approximate surface area is 119 Å². The minimum atomic E-state index is 0.184. The lowest BCUT2D eigenvalue weighted by molar-refractivity contribution is -0.131. The lowest BCUT2D eigenvalue weighted by atomic mass is 10.0. The topological polar surface area (TPSA) is 45.7 Å². The van der Waals surface area contributed by atoms with E-state index < -0.39 is 0 Å². The zero-order chi connectivity index (χ0) is 13.9. The van der Waals surface area contributed by atoms with Crippen LogP contribution in [0.1, 0.15) is 5.56 Å². The van der Waals surface area contributed by atoms with E-state index >= 15 is 0 Å². The minimum Gasteiger partial charge on any atom is -0.383 e. The molecule has 0 aromatic carbocycles. The normalized spacial score (nSPS) is 26.2. The van der Waals surface area contributed by atoms with Crippen molar-refractivity contribution in [3.8, 4) is 0 Å². The van der Waals surface area contributed by atoms with Crippen LogP contribution in [0, 0.1) is 11.8 Å². The molecule has 3 rings (SSSR count). The first-order valence-electron chi connectivity index (χ1n) is 7.17. The molecule has 2 aliphatic heterocycles. The van der Waals surface area contributed by atoms with Gasteiger partial charge in [-0.3, -0.25) is 14.7 Å². The summed E-state index contributed by atoms with van der Waals surface area (Å²) in [6.45, 7) is 5.02. The number of carbonyl (C=O) groups excluding carboxylic acids is 1. The number of hydrogen-bond donors (Lipinski definition) is 0. The van der Waals surface area contributed by atoms with Crippen LogP contribution in [0.5, 0.6) is 0 Å². The molecule has 0 aliphatic carbocycles. The number of fused-ring (bicyclic) bond motifs is 1. The summed E-state index contributed by atoms with van der Waals surface area (Å²) in [6, 6.07) is 4.05. The summed E-state index contributed by atoms with van der Waals surface area (Å²) < 4.78 is 5.06. The number of nitrogens with zero attached hydrogens (tertiary/aromatic N) is 3. The van der Waals surface area contributed by atoms with Gasteiger partial charge >= 0.3 is 0 Å². The number of likely N-dealkylation sites (tertiary alicyclic amines) is 2. The van der Waals surface area contributed by atoms with Crippen LogP contribution in [0.4, 0.5) is 0 Å². The molecule has 108 valence electrons. The lowest BCUT2D eigenvalue weighted by Gasteiger charge is -2.21. The number of pyridine rings is 1. The predicted molar refractivity (Wildman–Crippen MR) is 75.0 cm³/mol. The van der Waals surface area contributed by atoms with E-state index in [2.05, 4.69) is 16.0 Å². The number of aromatic nitrogens is 1. The van der Waals surface area contributed by atoms with E-state index in [4.69, 9.17) is 4.74 Å². The smallest absolute Gasteiger partial charge is 0.227 e. The Balaban J connectivity index is 1.56. The zero-order valence-electron chi connectivity index (χ0n) is 11.9. The van der Waals surface area contributed by atoms with Crippen molar-refractivity contribution in [1.82, 2.24) is 14.8 Å². The summed E-state index contributed by atoms with van der Waals surface area (Å²) in [5.74, 6) is 0.972.